The number of anilines is 2. The molecule has 3 rings (SSSR count). The van der Waals surface area contributed by atoms with E-state index in [1.54, 1.807) is 18.2 Å². The second kappa shape index (κ2) is 7.47. The number of fused-ring (bicyclic) bond motifs is 1. The van der Waals surface area contributed by atoms with E-state index in [4.69, 9.17) is 9.47 Å². The summed E-state index contributed by atoms with van der Waals surface area (Å²) in [6.45, 7) is 5.70. The Morgan fingerprint density at radius 1 is 1.12 bits per heavy atom. The number of amides is 2. The average Bonchev–Trinajstić information content (AvgIpc) is 3.07. The quantitative estimate of drug-likeness (QED) is 0.892. The highest BCUT2D eigenvalue weighted by Crippen LogP contribution is 2.34. The first-order valence-corrected chi connectivity index (χ1v) is 8.52. The molecule has 2 amide bonds. The van der Waals surface area contributed by atoms with E-state index in [1.165, 1.54) is 11.8 Å². The highest BCUT2D eigenvalue weighted by atomic mass is 16.7. The van der Waals surface area contributed by atoms with E-state index in [0.717, 1.165) is 11.3 Å². The molecule has 1 aliphatic heterocycles. The van der Waals surface area contributed by atoms with Crippen LogP contribution in [0.5, 0.6) is 11.5 Å². The summed E-state index contributed by atoms with van der Waals surface area (Å²) in [7, 11) is 0. The molecule has 0 unspecified atom stereocenters. The number of carbonyl (C=O) groups excluding carboxylic acids is 2. The molecule has 136 valence electrons. The fourth-order valence-corrected chi connectivity index (χ4v) is 2.91. The third-order valence-electron chi connectivity index (χ3n) is 4.19. The molecule has 1 heterocycles. The molecule has 0 aliphatic carbocycles. The van der Waals surface area contributed by atoms with Crippen molar-refractivity contribution in [1.82, 2.24) is 0 Å². The molecule has 0 atom stereocenters. The van der Waals surface area contributed by atoms with Crippen LogP contribution in [0.2, 0.25) is 0 Å². The molecule has 0 bridgehead atoms. The zero-order valence-electron chi connectivity index (χ0n) is 15.1. The van der Waals surface area contributed by atoms with Crippen molar-refractivity contribution in [2.75, 3.05) is 23.6 Å². The zero-order chi connectivity index (χ0) is 18.7. The fraction of sp³-hybridized carbons (Fsp3) is 0.300. The number of carbonyl (C=O) groups is 2. The molecule has 6 nitrogen and oxygen atoms in total. The molecule has 0 saturated carbocycles. The fourth-order valence-electron chi connectivity index (χ4n) is 2.91. The predicted molar refractivity (Wildman–Crippen MR) is 99.8 cm³/mol. The van der Waals surface area contributed by atoms with Gasteiger partial charge in [0.05, 0.1) is 0 Å². The summed E-state index contributed by atoms with van der Waals surface area (Å²) in [5.74, 6) is 1.03. The van der Waals surface area contributed by atoms with Gasteiger partial charge in [-0.05, 0) is 29.7 Å². The van der Waals surface area contributed by atoms with Crippen LogP contribution in [0.3, 0.4) is 0 Å². The molecule has 0 saturated heterocycles. The van der Waals surface area contributed by atoms with E-state index in [0.29, 0.717) is 17.2 Å². The molecule has 0 fully saturated rings. The van der Waals surface area contributed by atoms with Crippen molar-refractivity contribution in [2.24, 2.45) is 0 Å². The van der Waals surface area contributed by atoms with Gasteiger partial charge in [0, 0.05) is 24.4 Å². The Kier molecular flexibility index (Phi) is 5.11. The van der Waals surface area contributed by atoms with E-state index in [9.17, 15) is 9.59 Å². The lowest BCUT2D eigenvalue weighted by atomic mass is 10.0. The third kappa shape index (κ3) is 3.79. The van der Waals surface area contributed by atoms with Crippen LogP contribution in [0, 0.1) is 0 Å². The van der Waals surface area contributed by atoms with Crippen LogP contribution in [0.4, 0.5) is 11.4 Å². The lowest BCUT2D eigenvalue weighted by Gasteiger charge is -2.25. The van der Waals surface area contributed by atoms with Crippen LogP contribution in [-0.2, 0) is 9.59 Å². The maximum Gasteiger partial charge on any atom is 0.244 e. The first-order chi connectivity index (χ1) is 12.5. The van der Waals surface area contributed by atoms with Gasteiger partial charge in [-0.1, -0.05) is 32.0 Å². The molecule has 1 N–H and O–H groups in total. The highest BCUT2D eigenvalue weighted by Gasteiger charge is 2.20. The lowest BCUT2D eigenvalue weighted by Crippen LogP contribution is -2.37. The molecule has 2 aromatic rings. The minimum absolute atomic E-state index is 0.0620. The second-order valence-corrected chi connectivity index (χ2v) is 6.43. The zero-order valence-corrected chi connectivity index (χ0v) is 15.1. The van der Waals surface area contributed by atoms with Gasteiger partial charge in [0.25, 0.3) is 0 Å². The van der Waals surface area contributed by atoms with Gasteiger partial charge in [0.2, 0.25) is 18.6 Å². The van der Waals surface area contributed by atoms with Crippen molar-refractivity contribution in [3.05, 3.63) is 48.0 Å². The molecule has 0 radical (unpaired) electrons. The summed E-state index contributed by atoms with van der Waals surface area (Å²) >= 11 is 0. The van der Waals surface area contributed by atoms with Gasteiger partial charge in [-0.15, -0.1) is 0 Å². The van der Waals surface area contributed by atoms with Gasteiger partial charge < -0.3 is 19.7 Å². The largest absolute Gasteiger partial charge is 0.454 e. The van der Waals surface area contributed by atoms with Gasteiger partial charge >= 0.3 is 0 Å². The summed E-state index contributed by atoms with van der Waals surface area (Å²) in [6, 6.07) is 12.8. The van der Waals surface area contributed by atoms with Crippen molar-refractivity contribution >= 4 is 23.2 Å². The van der Waals surface area contributed by atoms with Crippen LogP contribution in [0.15, 0.2) is 42.5 Å². The standard InChI is InChI=1S/C20H22N2O4/c1-13(2)16-6-4-5-7-17(16)22(14(3)23)11-20(24)21-15-8-9-18-19(10-15)26-12-25-18/h4-10,13H,11-12H2,1-3H3,(H,21,24). The van der Waals surface area contributed by atoms with Gasteiger partial charge in [-0.3, -0.25) is 9.59 Å². The second-order valence-electron chi connectivity index (χ2n) is 6.43. The third-order valence-corrected chi connectivity index (χ3v) is 4.19. The van der Waals surface area contributed by atoms with Gasteiger partial charge in [-0.2, -0.15) is 0 Å². The first kappa shape index (κ1) is 17.8. The van der Waals surface area contributed by atoms with Crippen molar-refractivity contribution in [3.8, 4) is 11.5 Å². The summed E-state index contributed by atoms with van der Waals surface area (Å²) in [4.78, 5) is 26.2. The van der Waals surface area contributed by atoms with Crippen molar-refractivity contribution < 1.29 is 19.1 Å². The maximum absolute atomic E-state index is 12.5. The molecule has 2 aromatic carbocycles. The molecule has 1 aliphatic rings. The SMILES string of the molecule is CC(=O)N(CC(=O)Nc1ccc2c(c1)OCO2)c1ccccc1C(C)C. The van der Waals surface area contributed by atoms with Crippen LogP contribution < -0.4 is 19.7 Å². The van der Waals surface area contributed by atoms with E-state index < -0.39 is 0 Å². The lowest BCUT2D eigenvalue weighted by molar-refractivity contribution is -0.120. The number of hydrogen-bond donors (Lipinski definition) is 1. The molecule has 0 spiro atoms. The number of para-hydroxylation sites is 1. The Bertz CT molecular complexity index is 832. The van der Waals surface area contributed by atoms with Crippen LogP contribution in [-0.4, -0.2) is 25.2 Å². The average molecular weight is 354 g/mol. The monoisotopic (exact) mass is 354 g/mol. The molecular weight excluding hydrogens is 332 g/mol. The molecule has 0 aromatic heterocycles. The molecule has 26 heavy (non-hydrogen) atoms. The Hall–Kier alpha value is -3.02. The smallest absolute Gasteiger partial charge is 0.244 e. The van der Waals surface area contributed by atoms with Crippen LogP contribution in [0.25, 0.3) is 0 Å². The number of hydrogen-bond acceptors (Lipinski definition) is 4. The van der Waals surface area contributed by atoms with Gasteiger partial charge in [0.15, 0.2) is 11.5 Å². The number of nitrogens with zero attached hydrogens (tertiary/aromatic N) is 1. The minimum Gasteiger partial charge on any atom is -0.454 e. The predicted octanol–water partition coefficient (Wildman–Crippen LogP) is 3.53. The topological polar surface area (TPSA) is 67.9 Å². The van der Waals surface area contributed by atoms with Gasteiger partial charge in [-0.25, -0.2) is 0 Å². The number of benzene rings is 2. The van der Waals surface area contributed by atoms with E-state index in [1.807, 2.05) is 24.3 Å². The summed E-state index contributed by atoms with van der Waals surface area (Å²) in [6.07, 6.45) is 0. The van der Waals surface area contributed by atoms with E-state index in [-0.39, 0.29) is 31.1 Å². The summed E-state index contributed by atoms with van der Waals surface area (Å²) in [5.41, 5.74) is 2.38. The van der Waals surface area contributed by atoms with Gasteiger partial charge in [0.1, 0.15) is 6.54 Å². The Balaban J connectivity index is 1.76. The van der Waals surface area contributed by atoms with Crippen LogP contribution in [0.1, 0.15) is 32.3 Å². The Morgan fingerprint density at radius 2 is 1.85 bits per heavy atom. The Labute approximate surface area is 152 Å². The number of ether oxygens (including phenoxy) is 2. The van der Waals surface area contributed by atoms with E-state index >= 15 is 0 Å². The maximum atomic E-state index is 12.5. The van der Waals surface area contributed by atoms with Crippen LogP contribution >= 0.6 is 0 Å². The number of rotatable bonds is 5. The summed E-state index contributed by atoms with van der Waals surface area (Å²) in [5, 5.41) is 2.81. The van der Waals surface area contributed by atoms with E-state index in [2.05, 4.69) is 19.2 Å². The normalized spacial score (nSPS) is 12.2. The highest BCUT2D eigenvalue weighted by molar-refractivity contribution is 6.02. The Morgan fingerprint density at radius 3 is 2.58 bits per heavy atom. The van der Waals surface area contributed by atoms with Crippen molar-refractivity contribution in [2.45, 2.75) is 26.7 Å². The first-order valence-electron chi connectivity index (χ1n) is 8.52. The molecule has 6 heteroatoms. The number of nitrogens with one attached hydrogen (secondary N) is 1. The molecular formula is C20H22N2O4. The summed E-state index contributed by atoms with van der Waals surface area (Å²) < 4.78 is 10.6. The van der Waals surface area contributed by atoms with Crippen molar-refractivity contribution in [1.29, 1.82) is 0 Å². The van der Waals surface area contributed by atoms with Crippen molar-refractivity contribution in [3.63, 3.8) is 0 Å². The minimum atomic E-state index is -0.280.